The summed E-state index contributed by atoms with van der Waals surface area (Å²) in [5.74, 6) is 1.67. The summed E-state index contributed by atoms with van der Waals surface area (Å²) in [5, 5.41) is 6.64. The number of para-hydroxylation sites is 1. The van der Waals surface area contributed by atoms with Crippen LogP contribution in [0, 0.1) is 6.92 Å². The van der Waals surface area contributed by atoms with Gasteiger partial charge in [0.15, 0.2) is 5.96 Å². The van der Waals surface area contributed by atoms with Gasteiger partial charge in [-0.15, -0.1) is 0 Å². The molecule has 3 atom stereocenters. The number of hydrogen-bond donors (Lipinski definition) is 2. The van der Waals surface area contributed by atoms with Gasteiger partial charge >= 0.3 is 0 Å². The summed E-state index contributed by atoms with van der Waals surface area (Å²) in [4.78, 5) is 4.26. The molecule has 0 bridgehead atoms. The molecule has 1 saturated heterocycles. The van der Waals surface area contributed by atoms with E-state index in [1.807, 2.05) is 38.1 Å². The lowest BCUT2D eigenvalue weighted by atomic mass is 10.2. The predicted octanol–water partition coefficient (Wildman–Crippen LogP) is 2.12. The number of aryl methyl sites for hydroxylation is 1. The number of ether oxygens (including phenoxy) is 3. The minimum atomic E-state index is 0.0295. The van der Waals surface area contributed by atoms with Crippen LogP contribution in [-0.2, 0) is 9.47 Å². The number of nitrogens with zero attached hydrogens (tertiary/aromatic N) is 1. The van der Waals surface area contributed by atoms with Crippen LogP contribution < -0.4 is 15.4 Å². The molecule has 1 heterocycles. The van der Waals surface area contributed by atoms with Gasteiger partial charge in [-0.05, 0) is 38.8 Å². The minimum absolute atomic E-state index is 0.0295. The maximum absolute atomic E-state index is 5.98. The Bertz CT molecular complexity index is 544. The molecule has 0 radical (unpaired) electrons. The SMILES string of the molecule is CN=C(NCC(C)Oc1ccccc1C)NC(C)COC1CCOC1. The van der Waals surface area contributed by atoms with E-state index in [4.69, 9.17) is 14.2 Å². The van der Waals surface area contributed by atoms with Crippen molar-refractivity contribution in [3.63, 3.8) is 0 Å². The maximum Gasteiger partial charge on any atom is 0.191 e. The number of rotatable bonds is 8. The molecule has 0 amide bonds. The zero-order valence-corrected chi connectivity index (χ0v) is 15.7. The Morgan fingerprint density at radius 3 is 2.84 bits per heavy atom. The zero-order valence-electron chi connectivity index (χ0n) is 15.7. The summed E-state index contributed by atoms with van der Waals surface area (Å²) in [6, 6.07) is 8.20. The van der Waals surface area contributed by atoms with Gasteiger partial charge in [-0.25, -0.2) is 0 Å². The van der Waals surface area contributed by atoms with E-state index in [-0.39, 0.29) is 18.2 Å². The molecule has 0 aliphatic carbocycles. The number of aliphatic imine (C=N–C) groups is 1. The van der Waals surface area contributed by atoms with Gasteiger partial charge in [0.05, 0.1) is 25.9 Å². The van der Waals surface area contributed by atoms with Crippen molar-refractivity contribution in [2.75, 3.05) is 33.4 Å². The van der Waals surface area contributed by atoms with E-state index in [1.54, 1.807) is 7.05 Å². The Morgan fingerprint density at radius 1 is 1.36 bits per heavy atom. The maximum atomic E-state index is 5.98. The molecule has 2 N–H and O–H groups in total. The zero-order chi connectivity index (χ0) is 18.1. The van der Waals surface area contributed by atoms with Gasteiger partial charge in [-0.3, -0.25) is 4.99 Å². The molecule has 3 unspecified atom stereocenters. The van der Waals surface area contributed by atoms with Gasteiger partial charge < -0.3 is 24.8 Å². The third-order valence-corrected chi connectivity index (χ3v) is 4.06. The van der Waals surface area contributed by atoms with Crippen molar-refractivity contribution in [3.8, 4) is 5.75 Å². The first kappa shape index (κ1) is 19.5. The summed E-state index contributed by atoms with van der Waals surface area (Å²) in [5.41, 5.74) is 1.14. The summed E-state index contributed by atoms with van der Waals surface area (Å²) in [6.45, 7) is 8.96. The first-order chi connectivity index (χ1) is 12.1. The van der Waals surface area contributed by atoms with E-state index >= 15 is 0 Å². The highest BCUT2D eigenvalue weighted by Crippen LogP contribution is 2.17. The highest BCUT2D eigenvalue weighted by molar-refractivity contribution is 5.79. The lowest BCUT2D eigenvalue weighted by Crippen LogP contribution is -2.46. The van der Waals surface area contributed by atoms with E-state index in [0.29, 0.717) is 19.8 Å². The second kappa shape index (κ2) is 10.3. The standard InChI is InChI=1S/C19H31N3O3/c1-14-7-5-6-8-18(14)25-16(3)11-21-19(20-4)22-15(2)12-24-17-9-10-23-13-17/h5-8,15-17H,9-13H2,1-4H3,(H2,20,21,22). The van der Waals surface area contributed by atoms with Crippen LogP contribution in [0.25, 0.3) is 0 Å². The van der Waals surface area contributed by atoms with Crippen LogP contribution in [0.4, 0.5) is 0 Å². The van der Waals surface area contributed by atoms with Crippen molar-refractivity contribution in [1.82, 2.24) is 10.6 Å². The molecule has 1 aromatic carbocycles. The van der Waals surface area contributed by atoms with Gasteiger partial charge in [0.1, 0.15) is 11.9 Å². The summed E-state index contributed by atoms with van der Waals surface area (Å²) in [6.07, 6.45) is 1.23. The van der Waals surface area contributed by atoms with Crippen molar-refractivity contribution in [3.05, 3.63) is 29.8 Å². The molecule has 140 valence electrons. The first-order valence-corrected chi connectivity index (χ1v) is 8.97. The van der Waals surface area contributed by atoms with E-state index in [0.717, 1.165) is 30.3 Å². The van der Waals surface area contributed by atoms with Gasteiger partial charge in [0, 0.05) is 19.7 Å². The van der Waals surface area contributed by atoms with Crippen molar-refractivity contribution in [2.24, 2.45) is 4.99 Å². The summed E-state index contributed by atoms with van der Waals surface area (Å²) < 4.78 is 17.1. The van der Waals surface area contributed by atoms with Gasteiger partial charge in [-0.2, -0.15) is 0 Å². The molecular weight excluding hydrogens is 318 g/mol. The number of hydrogen-bond acceptors (Lipinski definition) is 4. The normalized spacial score (nSPS) is 20.2. The molecule has 25 heavy (non-hydrogen) atoms. The third kappa shape index (κ3) is 6.92. The smallest absolute Gasteiger partial charge is 0.191 e. The van der Waals surface area contributed by atoms with Crippen molar-refractivity contribution >= 4 is 5.96 Å². The third-order valence-electron chi connectivity index (χ3n) is 4.06. The molecule has 1 aromatic rings. The van der Waals surface area contributed by atoms with Crippen molar-refractivity contribution in [2.45, 2.75) is 45.4 Å². The fourth-order valence-electron chi connectivity index (χ4n) is 2.58. The lowest BCUT2D eigenvalue weighted by molar-refractivity contribution is 0.0347. The second-order valence-corrected chi connectivity index (χ2v) is 6.51. The Kier molecular flexibility index (Phi) is 8.01. The average molecular weight is 349 g/mol. The molecule has 0 spiro atoms. The molecule has 1 aliphatic rings. The van der Waals surface area contributed by atoms with Crippen molar-refractivity contribution < 1.29 is 14.2 Å². The summed E-state index contributed by atoms with van der Waals surface area (Å²) in [7, 11) is 1.76. The fraction of sp³-hybridized carbons (Fsp3) is 0.632. The largest absolute Gasteiger partial charge is 0.489 e. The van der Waals surface area contributed by atoms with Gasteiger partial charge in [0.2, 0.25) is 0 Å². The van der Waals surface area contributed by atoms with E-state index in [1.165, 1.54) is 0 Å². The molecule has 1 fully saturated rings. The molecule has 2 rings (SSSR count). The monoisotopic (exact) mass is 349 g/mol. The second-order valence-electron chi connectivity index (χ2n) is 6.51. The molecular formula is C19H31N3O3. The van der Waals surface area contributed by atoms with Crippen LogP contribution in [-0.4, -0.2) is 57.6 Å². The van der Waals surface area contributed by atoms with Crippen molar-refractivity contribution in [1.29, 1.82) is 0 Å². The molecule has 0 aromatic heterocycles. The van der Waals surface area contributed by atoms with Crippen LogP contribution in [0.5, 0.6) is 5.75 Å². The molecule has 6 nitrogen and oxygen atoms in total. The first-order valence-electron chi connectivity index (χ1n) is 8.97. The number of nitrogens with one attached hydrogen (secondary N) is 2. The highest BCUT2D eigenvalue weighted by Gasteiger charge is 2.17. The Morgan fingerprint density at radius 2 is 2.16 bits per heavy atom. The predicted molar refractivity (Wildman–Crippen MR) is 100 cm³/mol. The van der Waals surface area contributed by atoms with E-state index < -0.39 is 0 Å². The average Bonchev–Trinajstić information content (AvgIpc) is 3.12. The Balaban J connectivity index is 1.69. The van der Waals surface area contributed by atoms with Gasteiger partial charge in [-0.1, -0.05) is 18.2 Å². The van der Waals surface area contributed by atoms with E-state index in [9.17, 15) is 0 Å². The molecule has 0 saturated carbocycles. The molecule has 1 aliphatic heterocycles. The Hall–Kier alpha value is -1.79. The number of guanidine groups is 1. The Labute approximate surface area is 151 Å². The topological polar surface area (TPSA) is 64.1 Å². The van der Waals surface area contributed by atoms with Crippen LogP contribution in [0.3, 0.4) is 0 Å². The van der Waals surface area contributed by atoms with Crippen LogP contribution in [0.1, 0.15) is 25.8 Å². The highest BCUT2D eigenvalue weighted by atomic mass is 16.5. The number of benzene rings is 1. The summed E-state index contributed by atoms with van der Waals surface area (Å²) >= 11 is 0. The van der Waals surface area contributed by atoms with Crippen LogP contribution in [0.15, 0.2) is 29.3 Å². The van der Waals surface area contributed by atoms with E-state index in [2.05, 4.69) is 22.5 Å². The quantitative estimate of drug-likeness (QED) is 0.556. The van der Waals surface area contributed by atoms with Gasteiger partial charge in [0.25, 0.3) is 0 Å². The minimum Gasteiger partial charge on any atom is -0.489 e. The van der Waals surface area contributed by atoms with Crippen LogP contribution >= 0.6 is 0 Å². The fourth-order valence-corrected chi connectivity index (χ4v) is 2.58. The van der Waals surface area contributed by atoms with Crippen LogP contribution in [0.2, 0.25) is 0 Å². The lowest BCUT2D eigenvalue weighted by Gasteiger charge is -2.22. The molecule has 6 heteroatoms.